The number of aromatic nitrogens is 1. The molecule has 3 aromatic rings. The first-order valence-electron chi connectivity index (χ1n) is 12.4. The maximum Gasteiger partial charge on any atom is 0.573 e. The van der Waals surface area contributed by atoms with Gasteiger partial charge in [0.15, 0.2) is 5.75 Å². The lowest BCUT2D eigenvalue weighted by atomic mass is 9.96. The number of carbonyl (C=O) groups excluding carboxylic acids is 2. The molecule has 1 fully saturated rings. The van der Waals surface area contributed by atoms with Crippen LogP contribution in [0.1, 0.15) is 10.4 Å². The predicted molar refractivity (Wildman–Crippen MR) is 138 cm³/mol. The van der Waals surface area contributed by atoms with Crippen LogP contribution >= 0.6 is 0 Å². The van der Waals surface area contributed by atoms with Crippen LogP contribution in [0.25, 0.3) is 22.4 Å². The van der Waals surface area contributed by atoms with E-state index in [1.807, 2.05) is 0 Å². The number of nitrogens with zero attached hydrogens (tertiary/aromatic N) is 3. The fourth-order valence-corrected chi connectivity index (χ4v) is 4.50. The molecule has 1 aromatic heterocycles. The van der Waals surface area contributed by atoms with E-state index in [2.05, 4.69) is 15.0 Å². The van der Waals surface area contributed by atoms with Gasteiger partial charge in [-0.1, -0.05) is 18.2 Å². The zero-order chi connectivity index (χ0) is 29.7. The number of rotatable bonds is 9. The van der Waals surface area contributed by atoms with Crippen LogP contribution < -0.4 is 15.8 Å². The van der Waals surface area contributed by atoms with Crippen molar-refractivity contribution < 1.29 is 40.7 Å². The van der Waals surface area contributed by atoms with Gasteiger partial charge in [0.1, 0.15) is 5.82 Å². The lowest BCUT2D eigenvalue weighted by molar-refractivity contribution is -0.274. The van der Waals surface area contributed by atoms with Gasteiger partial charge in [-0.25, -0.2) is 13.2 Å². The van der Waals surface area contributed by atoms with Gasteiger partial charge in [-0.2, -0.15) is 0 Å². The Morgan fingerprint density at radius 2 is 1.68 bits per heavy atom. The third-order valence-electron chi connectivity index (χ3n) is 6.35. The van der Waals surface area contributed by atoms with Gasteiger partial charge in [-0.3, -0.25) is 24.4 Å². The molecule has 0 unspecified atom stereocenters. The highest BCUT2D eigenvalue weighted by atomic mass is 19.4. The molecule has 0 spiro atoms. The number of primary amides is 1. The number of nitrogens with one attached hydrogen (secondary N) is 1. The van der Waals surface area contributed by atoms with Gasteiger partial charge in [0.2, 0.25) is 11.8 Å². The average Bonchev–Trinajstić information content (AvgIpc) is 2.90. The SMILES string of the molecule is NC(=O)c1ccc(OC(F)(F)F)c(NC(=O)CN2CCN(CC(F)F)CC2)c1-c1ccc(-c2ccccc2F)nc1. The molecular weight excluding hydrogens is 556 g/mol. The van der Waals surface area contributed by atoms with E-state index in [0.29, 0.717) is 0 Å². The summed E-state index contributed by atoms with van der Waals surface area (Å²) >= 11 is 0. The number of nitrogens with two attached hydrogens (primary N) is 1. The molecule has 0 aliphatic carbocycles. The number of anilines is 1. The first kappa shape index (κ1) is 29.8. The van der Waals surface area contributed by atoms with Crippen molar-refractivity contribution in [3.05, 3.63) is 66.1 Å². The second-order valence-corrected chi connectivity index (χ2v) is 9.20. The fourth-order valence-electron chi connectivity index (χ4n) is 4.50. The van der Waals surface area contributed by atoms with E-state index in [1.165, 1.54) is 36.5 Å². The molecule has 41 heavy (non-hydrogen) atoms. The highest BCUT2D eigenvalue weighted by Gasteiger charge is 2.34. The minimum absolute atomic E-state index is 0.0995. The van der Waals surface area contributed by atoms with Crippen LogP contribution in [0, 0.1) is 5.82 Å². The first-order valence-corrected chi connectivity index (χ1v) is 12.4. The Morgan fingerprint density at radius 3 is 2.27 bits per heavy atom. The first-order chi connectivity index (χ1) is 19.4. The zero-order valence-corrected chi connectivity index (χ0v) is 21.4. The van der Waals surface area contributed by atoms with Crippen molar-refractivity contribution in [1.29, 1.82) is 0 Å². The highest BCUT2D eigenvalue weighted by Crippen LogP contribution is 2.41. The van der Waals surface area contributed by atoms with Crippen molar-refractivity contribution in [3.63, 3.8) is 0 Å². The molecule has 1 saturated heterocycles. The van der Waals surface area contributed by atoms with Crippen LogP contribution in [0.3, 0.4) is 0 Å². The van der Waals surface area contributed by atoms with E-state index in [1.54, 1.807) is 15.9 Å². The number of pyridine rings is 1. The minimum Gasteiger partial charge on any atom is -0.404 e. The molecule has 1 aliphatic rings. The van der Waals surface area contributed by atoms with Gasteiger partial charge < -0.3 is 15.8 Å². The summed E-state index contributed by atoms with van der Waals surface area (Å²) in [6.45, 7) is 0.457. The molecule has 0 radical (unpaired) electrons. The number of hydrogen-bond donors (Lipinski definition) is 2. The number of halogens is 6. The second kappa shape index (κ2) is 12.6. The van der Waals surface area contributed by atoms with Crippen LogP contribution in [0.15, 0.2) is 54.7 Å². The van der Waals surface area contributed by atoms with Crippen molar-refractivity contribution >= 4 is 17.5 Å². The summed E-state index contributed by atoms with van der Waals surface area (Å²) in [7, 11) is 0. The molecule has 1 aliphatic heterocycles. The number of alkyl halides is 5. The molecule has 4 rings (SSSR count). The molecule has 0 saturated carbocycles. The highest BCUT2D eigenvalue weighted by molar-refractivity contribution is 6.07. The Bertz CT molecular complexity index is 1390. The van der Waals surface area contributed by atoms with E-state index in [0.717, 1.165) is 12.1 Å². The van der Waals surface area contributed by atoms with Crippen molar-refractivity contribution in [2.75, 3.05) is 44.6 Å². The molecule has 2 heterocycles. The normalized spacial score (nSPS) is 14.7. The Morgan fingerprint density at radius 1 is 1.00 bits per heavy atom. The molecule has 2 amide bonds. The number of hydrogen-bond acceptors (Lipinski definition) is 6. The summed E-state index contributed by atoms with van der Waals surface area (Å²) in [6.07, 6.45) is -6.43. The van der Waals surface area contributed by atoms with E-state index < -0.39 is 48.4 Å². The van der Waals surface area contributed by atoms with Gasteiger partial charge in [-0.05, 0) is 30.3 Å². The molecule has 3 N–H and O–H groups in total. The van der Waals surface area contributed by atoms with Gasteiger partial charge in [0.25, 0.3) is 6.43 Å². The Balaban J connectivity index is 1.67. The Labute approximate surface area is 230 Å². The van der Waals surface area contributed by atoms with Crippen LogP contribution in [0.4, 0.5) is 32.0 Å². The van der Waals surface area contributed by atoms with Crippen molar-refractivity contribution in [2.45, 2.75) is 12.8 Å². The summed E-state index contributed by atoms with van der Waals surface area (Å²) in [5.41, 5.74) is 5.12. The number of benzene rings is 2. The maximum absolute atomic E-state index is 14.2. The topological polar surface area (TPSA) is 101 Å². The lowest BCUT2D eigenvalue weighted by Gasteiger charge is -2.34. The Hall–Kier alpha value is -4.17. The molecule has 218 valence electrons. The molecule has 2 aromatic carbocycles. The third-order valence-corrected chi connectivity index (χ3v) is 6.35. The lowest BCUT2D eigenvalue weighted by Crippen LogP contribution is -2.49. The maximum atomic E-state index is 14.2. The average molecular weight is 582 g/mol. The molecule has 0 atom stereocenters. The number of ether oxygens (including phenoxy) is 1. The van der Waals surface area contributed by atoms with Gasteiger partial charge >= 0.3 is 6.36 Å². The Kier molecular flexibility index (Phi) is 9.13. The van der Waals surface area contributed by atoms with E-state index in [4.69, 9.17) is 5.73 Å². The van der Waals surface area contributed by atoms with Crippen LogP contribution in [0.5, 0.6) is 5.75 Å². The molecule has 14 heteroatoms. The van der Waals surface area contributed by atoms with Crippen molar-refractivity contribution in [2.24, 2.45) is 5.73 Å². The van der Waals surface area contributed by atoms with Crippen LogP contribution in [-0.4, -0.2) is 78.7 Å². The van der Waals surface area contributed by atoms with Crippen LogP contribution in [0.2, 0.25) is 0 Å². The summed E-state index contributed by atoms with van der Waals surface area (Å²) in [4.78, 5) is 32.7. The summed E-state index contributed by atoms with van der Waals surface area (Å²) in [5.74, 6) is -3.08. The van der Waals surface area contributed by atoms with E-state index in [9.17, 15) is 35.9 Å². The van der Waals surface area contributed by atoms with Gasteiger partial charge in [-0.15, -0.1) is 13.2 Å². The minimum atomic E-state index is -5.14. The number of carbonyl (C=O) groups is 2. The van der Waals surface area contributed by atoms with E-state index in [-0.39, 0.29) is 60.7 Å². The van der Waals surface area contributed by atoms with E-state index >= 15 is 0 Å². The fraction of sp³-hybridized carbons (Fsp3) is 0.296. The summed E-state index contributed by atoms with van der Waals surface area (Å²) in [6, 6.07) is 10.5. The van der Waals surface area contributed by atoms with Crippen molar-refractivity contribution in [1.82, 2.24) is 14.8 Å². The molecule has 0 bridgehead atoms. The predicted octanol–water partition coefficient (Wildman–Crippen LogP) is 4.37. The summed E-state index contributed by atoms with van der Waals surface area (Å²) < 4.78 is 83.6. The monoisotopic (exact) mass is 581 g/mol. The zero-order valence-electron chi connectivity index (χ0n) is 21.4. The van der Waals surface area contributed by atoms with Crippen LogP contribution in [-0.2, 0) is 4.79 Å². The van der Waals surface area contributed by atoms with Crippen molar-refractivity contribution in [3.8, 4) is 28.1 Å². The summed E-state index contributed by atoms with van der Waals surface area (Å²) in [5, 5.41) is 2.41. The third kappa shape index (κ3) is 7.73. The molecular formula is C27H25F6N5O3. The quantitative estimate of drug-likeness (QED) is 0.364. The standard InChI is InChI=1S/C27H25F6N5O3/c28-19-4-2-1-3-17(19)20-7-5-16(13-35-20)24-18(26(34)40)6-8-21(41-27(31,32)33)25(24)36-23(39)15-38-11-9-37(10-12-38)14-22(29)30/h1-8,13,22H,9-12,14-15H2,(H2,34,40)(H,36,39). The second-order valence-electron chi connectivity index (χ2n) is 9.20. The number of amides is 2. The molecule has 8 nitrogen and oxygen atoms in total. The smallest absolute Gasteiger partial charge is 0.404 e. The largest absolute Gasteiger partial charge is 0.573 e. The van der Waals surface area contributed by atoms with Gasteiger partial charge in [0, 0.05) is 54.6 Å². The van der Waals surface area contributed by atoms with Gasteiger partial charge in [0.05, 0.1) is 24.5 Å². The number of piperazine rings is 1.